The van der Waals surface area contributed by atoms with E-state index in [0.29, 0.717) is 5.54 Å². The predicted molar refractivity (Wildman–Crippen MR) is 58.1 cm³/mol. The highest BCUT2D eigenvalue weighted by Crippen LogP contribution is 2.50. The SMILES string of the molecule is c1ccc(C2(C3CC3)CCCN2)cc1. The van der Waals surface area contributed by atoms with Crippen molar-refractivity contribution in [3.63, 3.8) is 0 Å². The van der Waals surface area contributed by atoms with E-state index in [0.717, 1.165) is 5.92 Å². The van der Waals surface area contributed by atoms with Crippen molar-refractivity contribution in [1.29, 1.82) is 0 Å². The molecule has 1 heteroatoms. The number of hydrogen-bond acceptors (Lipinski definition) is 1. The van der Waals surface area contributed by atoms with Crippen LogP contribution in [-0.2, 0) is 5.54 Å². The summed E-state index contributed by atoms with van der Waals surface area (Å²) in [6.07, 6.45) is 5.51. The highest BCUT2D eigenvalue weighted by atomic mass is 15.0. The van der Waals surface area contributed by atoms with Crippen molar-refractivity contribution in [3.8, 4) is 0 Å². The zero-order chi connectivity index (χ0) is 9.43. The van der Waals surface area contributed by atoms with Crippen molar-refractivity contribution in [1.82, 2.24) is 5.32 Å². The first-order chi connectivity index (χ1) is 6.92. The first kappa shape index (κ1) is 8.49. The van der Waals surface area contributed by atoms with E-state index in [4.69, 9.17) is 0 Å². The molecule has 1 aromatic rings. The van der Waals surface area contributed by atoms with Crippen molar-refractivity contribution in [2.24, 2.45) is 5.92 Å². The highest BCUT2D eigenvalue weighted by Gasteiger charge is 2.47. The molecule has 0 aromatic heterocycles. The summed E-state index contributed by atoms with van der Waals surface area (Å²) in [4.78, 5) is 0. The Morgan fingerprint density at radius 2 is 1.93 bits per heavy atom. The first-order valence-corrected chi connectivity index (χ1v) is 5.72. The van der Waals surface area contributed by atoms with E-state index in [2.05, 4.69) is 35.6 Å². The summed E-state index contributed by atoms with van der Waals surface area (Å²) < 4.78 is 0. The van der Waals surface area contributed by atoms with E-state index in [9.17, 15) is 0 Å². The fourth-order valence-corrected chi connectivity index (χ4v) is 2.91. The normalized spacial score (nSPS) is 32.0. The van der Waals surface area contributed by atoms with Gasteiger partial charge in [0.1, 0.15) is 0 Å². The fourth-order valence-electron chi connectivity index (χ4n) is 2.91. The molecule has 1 saturated heterocycles. The average molecular weight is 187 g/mol. The highest BCUT2D eigenvalue weighted by molar-refractivity contribution is 5.28. The van der Waals surface area contributed by atoms with Crippen LogP contribution >= 0.6 is 0 Å². The Balaban J connectivity index is 1.99. The molecule has 2 fully saturated rings. The Kier molecular flexibility index (Phi) is 1.88. The number of benzene rings is 1. The molecule has 0 spiro atoms. The second-order valence-electron chi connectivity index (χ2n) is 4.64. The Hall–Kier alpha value is -0.820. The van der Waals surface area contributed by atoms with E-state index in [1.807, 2.05) is 0 Å². The Morgan fingerprint density at radius 1 is 1.14 bits per heavy atom. The lowest BCUT2D eigenvalue weighted by Gasteiger charge is -2.30. The van der Waals surface area contributed by atoms with Gasteiger partial charge in [-0.25, -0.2) is 0 Å². The van der Waals surface area contributed by atoms with Gasteiger partial charge >= 0.3 is 0 Å². The molecule has 74 valence electrons. The van der Waals surface area contributed by atoms with Crippen LogP contribution in [0.5, 0.6) is 0 Å². The van der Waals surface area contributed by atoms with Crippen LogP contribution in [0.1, 0.15) is 31.2 Å². The summed E-state index contributed by atoms with van der Waals surface area (Å²) in [5, 5.41) is 3.75. The Labute approximate surface area is 85.5 Å². The second-order valence-corrected chi connectivity index (χ2v) is 4.64. The van der Waals surface area contributed by atoms with Gasteiger partial charge in [-0.1, -0.05) is 30.3 Å². The molecule has 0 bridgehead atoms. The first-order valence-electron chi connectivity index (χ1n) is 5.72. The van der Waals surface area contributed by atoms with Gasteiger partial charge in [0.25, 0.3) is 0 Å². The minimum atomic E-state index is 0.348. The third-order valence-electron chi connectivity index (χ3n) is 3.75. The van der Waals surface area contributed by atoms with E-state index in [-0.39, 0.29) is 0 Å². The second kappa shape index (κ2) is 3.09. The maximum atomic E-state index is 3.75. The molecular weight excluding hydrogens is 170 g/mol. The molecule has 1 atom stereocenters. The van der Waals surface area contributed by atoms with Crippen LogP contribution in [-0.4, -0.2) is 6.54 Å². The Bertz CT molecular complexity index is 307. The maximum Gasteiger partial charge on any atom is 0.0463 e. The molecule has 1 heterocycles. The summed E-state index contributed by atoms with van der Waals surface area (Å²) in [6.45, 7) is 1.20. The van der Waals surface area contributed by atoms with E-state index in [1.54, 1.807) is 0 Å². The van der Waals surface area contributed by atoms with Crippen LogP contribution < -0.4 is 5.32 Å². The van der Waals surface area contributed by atoms with Crippen molar-refractivity contribution in [2.75, 3.05) is 6.54 Å². The predicted octanol–water partition coefficient (Wildman–Crippen LogP) is 2.68. The molecular formula is C13H17N. The molecule has 1 aliphatic carbocycles. The zero-order valence-corrected chi connectivity index (χ0v) is 8.50. The molecule has 0 radical (unpaired) electrons. The van der Waals surface area contributed by atoms with E-state index < -0.39 is 0 Å². The molecule has 2 aliphatic rings. The Morgan fingerprint density at radius 3 is 2.50 bits per heavy atom. The molecule has 3 rings (SSSR count). The van der Waals surface area contributed by atoms with Crippen LogP contribution in [0.2, 0.25) is 0 Å². The number of nitrogens with one attached hydrogen (secondary N) is 1. The average Bonchev–Trinajstić information content (AvgIpc) is 2.99. The smallest absolute Gasteiger partial charge is 0.0463 e. The molecule has 1 nitrogen and oxygen atoms in total. The van der Waals surface area contributed by atoms with Gasteiger partial charge in [-0.05, 0) is 43.7 Å². The molecule has 14 heavy (non-hydrogen) atoms. The van der Waals surface area contributed by atoms with Crippen molar-refractivity contribution in [2.45, 2.75) is 31.2 Å². The van der Waals surface area contributed by atoms with Gasteiger partial charge in [0.05, 0.1) is 0 Å². The number of rotatable bonds is 2. The topological polar surface area (TPSA) is 12.0 Å². The minimum absolute atomic E-state index is 0.348. The summed E-state index contributed by atoms with van der Waals surface area (Å²) in [6, 6.07) is 11.0. The molecule has 1 N–H and O–H groups in total. The van der Waals surface area contributed by atoms with Crippen LogP contribution in [0.4, 0.5) is 0 Å². The summed E-state index contributed by atoms with van der Waals surface area (Å²) in [5.41, 5.74) is 1.86. The van der Waals surface area contributed by atoms with Crippen molar-refractivity contribution < 1.29 is 0 Å². The van der Waals surface area contributed by atoms with Crippen molar-refractivity contribution >= 4 is 0 Å². The third kappa shape index (κ3) is 1.19. The lowest BCUT2D eigenvalue weighted by atomic mass is 9.84. The molecule has 1 unspecified atom stereocenters. The van der Waals surface area contributed by atoms with Gasteiger partial charge in [-0.3, -0.25) is 0 Å². The van der Waals surface area contributed by atoms with Crippen LogP contribution in [0.3, 0.4) is 0 Å². The molecule has 1 aromatic carbocycles. The van der Waals surface area contributed by atoms with Gasteiger partial charge in [0, 0.05) is 5.54 Å². The number of hydrogen-bond donors (Lipinski definition) is 1. The van der Waals surface area contributed by atoms with Gasteiger partial charge < -0.3 is 5.32 Å². The van der Waals surface area contributed by atoms with Gasteiger partial charge in [-0.2, -0.15) is 0 Å². The van der Waals surface area contributed by atoms with Crippen LogP contribution in [0.15, 0.2) is 30.3 Å². The van der Waals surface area contributed by atoms with E-state index >= 15 is 0 Å². The van der Waals surface area contributed by atoms with E-state index in [1.165, 1.54) is 37.8 Å². The fraction of sp³-hybridized carbons (Fsp3) is 0.538. The summed E-state index contributed by atoms with van der Waals surface area (Å²) in [5.74, 6) is 0.910. The van der Waals surface area contributed by atoms with Gasteiger partial charge in [-0.15, -0.1) is 0 Å². The quantitative estimate of drug-likeness (QED) is 0.750. The van der Waals surface area contributed by atoms with Gasteiger partial charge in [0.15, 0.2) is 0 Å². The van der Waals surface area contributed by atoms with Crippen LogP contribution in [0.25, 0.3) is 0 Å². The summed E-state index contributed by atoms with van der Waals surface area (Å²) >= 11 is 0. The monoisotopic (exact) mass is 187 g/mol. The van der Waals surface area contributed by atoms with Gasteiger partial charge in [0.2, 0.25) is 0 Å². The minimum Gasteiger partial charge on any atom is -0.307 e. The lowest BCUT2D eigenvalue weighted by molar-refractivity contribution is 0.336. The maximum absolute atomic E-state index is 3.75. The van der Waals surface area contributed by atoms with Crippen LogP contribution in [0, 0.1) is 5.92 Å². The standard InChI is InChI=1S/C13H17N/c1-2-5-11(6-3-1)13(12-7-8-12)9-4-10-14-13/h1-3,5-6,12,14H,4,7-10H2. The lowest BCUT2D eigenvalue weighted by Crippen LogP contribution is -2.38. The molecule has 1 aliphatic heterocycles. The zero-order valence-electron chi connectivity index (χ0n) is 8.50. The summed E-state index contributed by atoms with van der Waals surface area (Å²) in [7, 11) is 0. The van der Waals surface area contributed by atoms with Crippen molar-refractivity contribution in [3.05, 3.63) is 35.9 Å². The largest absolute Gasteiger partial charge is 0.307 e. The third-order valence-corrected chi connectivity index (χ3v) is 3.75. The molecule has 0 amide bonds. The molecule has 1 saturated carbocycles.